The van der Waals surface area contributed by atoms with E-state index in [1.165, 1.54) is 51.1 Å². The molecule has 4 heteroatoms. The van der Waals surface area contributed by atoms with Crippen LogP contribution < -0.4 is 0 Å². The van der Waals surface area contributed by atoms with Crippen molar-refractivity contribution in [2.24, 2.45) is 0 Å². The third-order valence-electron chi connectivity index (χ3n) is 5.37. The fraction of sp³-hybridized carbons (Fsp3) is 0.667. The van der Waals surface area contributed by atoms with E-state index in [0.717, 1.165) is 6.54 Å². The highest BCUT2D eigenvalue weighted by molar-refractivity contribution is 5.21. The van der Waals surface area contributed by atoms with Crippen LogP contribution in [0.15, 0.2) is 24.3 Å². The van der Waals surface area contributed by atoms with Gasteiger partial charge in [-0.2, -0.15) is 0 Å². The van der Waals surface area contributed by atoms with Crippen molar-refractivity contribution >= 4 is 0 Å². The van der Waals surface area contributed by atoms with Crippen LogP contribution in [0.4, 0.5) is 4.39 Å². The Kier molecular flexibility index (Phi) is 5.11. The molecule has 2 atom stereocenters. The molecule has 1 aromatic rings. The van der Waals surface area contributed by atoms with E-state index in [-0.39, 0.29) is 5.82 Å². The Balaban J connectivity index is 1.47. The predicted molar refractivity (Wildman–Crippen MR) is 88.7 cm³/mol. The molecule has 1 aromatic carbocycles. The van der Waals surface area contributed by atoms with Gasteiger partial charge in [-0.1, -0.05) is 12.1 Å². The molecule has 0 amide bonds. The van der Waals surface area contributed by atoms with Crippen molar-refractivity contribution in [3.05, 3.63) is 35.6 Å². The lowest BCUT2D eigenvalue weighted by Crippen LogP contribution is -2.50. The highest BCUT2D eigenvalue weighted by Crippen LogP contribution is 2.27. The van der Waals surface area contributed by atoms with Crippen LogP contribution in [-0.4, -0.2) is 74.1 Å². The number of rotatable bonds is 4. The van der Waals surface area contributed by atoms with Crippen molar-refractivity contribution in [3.8, 4) is 0 Å². The van der Waals surface area contributed by atoms with Gasteiger partial charge >= 0.3 is 0 Å². The minimum atomic E-state index is -0.136. The monoisotopic (exact) mass is 305 g/mol. The number of hydrogen-bond donors (Lipinski definition) is 0. The number of likely N-dealkylation sites (N-methyl/N-ethyl adjacent to an activating group) is 2. The number of halogens is 1. The molecule has 0 aliphatic carbocycles. The van der Waals surface area contributed by atoms with E-state index in [1.807, 2.05) is 12.1 Å². The third-order valence-corrected chi connectivity index (χ3v) is 5.37. The Morgan fingerprint density at radius 2 is 1.82 bits per heavy atom. The molecule has 2 saturated heterocycles. The largest absolute Gasteiger partial charge is 0.304 e. The van der Waals surface area contributed by atoms with Crippen molar-refractivity contribution in [1.29, 1.82) is 0 Å². The zero-order chi connectivity index (χ0) is 15.5. The van der Waals surface area contributed by atoms with Crippen LogP contribution in [0.1, 0.15) is 24.3 Å². The molecule has 2 aliphatic heterocycles. The first-order chi connectivity index (χ1) is 10.6. The van der Waals surface area contributed by atoms with Gasteiger partial charge in [0.2, 0.25) is 0 Å². The second-order valence-electron chi connectivity index (χ2n) is 7.02. The molecular formula is C18H28FN3. The summed E-state index contributed by atoms with van der Waals surface area (Å²) >= 11 is 0. The van der Waals surface area contributed by atoms with Gasteiger partial charge in [-0.25, -0.2) is 4.39 Å². The SMILES string of the molecule is CN1CCN(C)[C@H](CCN2CC[C@H](c3ccc(F)cc3)C2)C1. The summed E-state index contributed by atoms with van der Waals surface area (Å²) in [6.07, 6.45) is 2.45. The molecule has 0 unspecified atom stereocenters. The number of benzene rings is 1. The highest BCUT2D eigenvalue weighted by Gasteiger charge is 2.26. The maximum atomic E-state index is 13.0. The van der Waals surface area contributed by atoms with Crippen LogP contribution in [0.2, 0.25) is 0 Å². The van der Waals surface area contributed by atoms with Gasteiger partial charge in [0.25, 0.3) is 0 Å². The van der Waals surface area contributed by atoms with E-state index in [9.17, 15) is 4.39 Å². The second kappa shape index (κ2) is 7.07. The zero-order valence-electron chi connectivity index (χ0n) is 13.8. The van der Waals surface area contributed by atoms with Crippen LogP contribution in [0.3, 0.4) is 0 Å². The molecule has 2 heterocycles. The topological polar surface area (TPSA) is 9.72 Å². The highest BCUT2D eigenvalue weighted by atomic mass is 19.1. The standard InChI is InChI=1S/C18H28FN3/c1-20-11-12-21(2)18(14-20)8-10-22-9-7-16(13-22)15-3-5-17(19)6-4-15/h3-6,16,18H,7-14H2,1-2H3/t16-,18+/m0/s1. The van der Waals surface area contributed by atoms with Crippen LogP contribution >= 0.6 is 0 Å². The van der Waals surface area contributed by atoms with Gasteiger partial charge in [-0.15, -0.1) is 0 Å². The summed E-state index contributed by atoms with van der Waals surface area (Å²) in [5, 5.41) is 0. The molecule has 2 aliphatic rings. The number of hydrogen-bond acceptors (Lipinski definition) is 3. The van der Waals surface area contributed by atoms with Crippen molar-refractivity contribution < 1.29 is 4.39 Å². The summed E-state index contributed by atoms with van der Waals surface area (Å²) < 4.78 is 13.0. The minimum absolute atomic E-state index is 0.136. The maximum absolute atomic E-state index is 13.0. The third kappa shape index (κ3) is 3.86. The van der Waals surface area contributed by atoms with Gasteiger partial charge in [0.05, 0.1) is 0 Å². The fourth-order valence-corrected chi connectivity index (χ4v) is 3.79. The average Bonchev–Trinajstić information content (AvgIpc) is 2.98. The Morgan fingerprint density at radius 3 is 2.59 bits per heavy atom. The lowest BCUT2D eigenvalue weighted by Gasteiger charge is -2.38. The van der Waals surface area contributed by atoms with Crippen molar-refractivity contribution in [3.63, 3.8) is 0 Å². The Hall–Kier alpha value is -0.970. The molecule has 3 nitrogen and oxygen atoms in total. The Labute approximate surface area is 133 Å². The van der Waals surface area contributed by atoms with Gasteiger partial charge in [-0.3, -0.25) is 0 Å². The normalized spacial score (nSPS) is 28.3. The smallest absolute Gasteiger partial charge is 0.123 e. The summed E-state index contributed by atoms with van der Waals surface area (Å²) in [7, 11) is 4.48. The first-order valence-corrected chi connectivity index (χ1v) is 8.48. The van der Waals surface area contributed by atoms with Crippen molar-refractivity contribution in [2.45, 2.75) is 24.8 Å². The van der Waals surface area contributed by atoms with E-state index in [4.69, 9.17) is 0 Å². The summed E-state index contributed by atoms with van der Waals surface area (Å²) in [6, 6.07) is 7.76. The van der Waals surface area contributed by atoms with Crippen molar-refractivity contribution in [2.75, 3.05) is 53.4 Å². The quantitative estimate of drug-likeness (QED) is 0.845. The van der Waals surface area contributed by atoms with Crippen molar-refractivity contribution in [1.82, 2.24) is 14.7 Å². The summed E-state index contributed by atoms with van der Waals surface area (Å²) in [6.45, 7) is 7.03. The van der Waals surface area contributed by atoms with E-state index in [2.05, 4.69) is 28.8 Å². The van der Waals surface area contributed by atoms with Gasteiger partial charge in [0.15, 0.2) is 0 Å². The number of likely N-dealkylation sites (tertiary alicyclic amines) is 1. The average molecular weight is 305 g/mol. The lowest BCUT2D eigenvalue weighted by molar-refractivity contribution is 0.101. The molecule has 0 aromatic heterocycles. The molecular weight excluding hydrogens is 277 g/mol. The Bertz CT molecular complexity index is 476. The molecule has 0 radical (unpaired) electrons. The van der Waals surface area contributed by atoms with E-state index in [1.54, 1.807) is 12.1 Å². The summed E-state index contributed by atoms with van der Waals surface area (Å²) in [5.74, 6) is 0.440. The van der Waals surface area contributed by atoms with Crippen LogP contribution in [0.25, 0.3) is 0 Å². The molecule has 0 bridgehead atoms. The number of nitrogens with zero attached hydrogens (tertiary/aromatic N) is 3. The van der Waals surface area contributed by atoms with Gasteiger partial charge < -0.3 is 14.7 Å². The molecule has 2 fully saturated rings. The summed E-state index contributed by atoms with van der Waals surface area (Å²) in [5.41, 5.74) is 1.29. The maximum Gasteiger partial charge on any atom is 0.123 e. The van der Waals surface area contributed by atoms with Crippen LogP contribution in [0.5, 0.6) is 0 Å². The van der Waals surface area contributed by atoms with Gasteiger partial charge in [0, 0.05) is 32.2 Å². The summed E-state index contributed by atoms with van der Waals surface area (Å²) in [4.78, 5) is 7.53. The molecule has 22 heavy (non-hydrogen) atoms. The molecule has 122 valence electrons. The first kappa shape index (κ1) is 15.9. The van der Waals surface area contributed by atoms with E-state index < -0.39 is 0 Å². The van der Waals surface area contributed by atoms with Gasteiger partial charge in [0.1, 0.15) is 5.82 Å². The van der Waals surface area contributed by atoms with Crippen LogP contribution in [0, 0.1) is 5.82 Å². The number of piperazine rings is 1. The fourth-order valence-electron chi connectivity index (χ4n) is 3.79. The second-order valence-corrected chi connectivity index (χ2v) is 7.02. The lowest BCUT2D eigenvalue weighted by atomic mass is 9.99. The Morgan fingerprint density at radius 1 is 1.05 bits per heavy atom. The van der Waals surface area contributed by atoms with Crippen LogP contribution in [-0.2, 0) is 0 Å². The van der Waals surface area contributed by atoms with Gasteiger partial charge in [-0.05, 0) is 63.6 Å². The molecule has 0 spiro atoms. The first-order valence-electron chi connectivity index (χ1n) is 8.48. The zero-order valence-corrected chi connectivity index (χ0v) is 13.8. The molecule has 3 rings (SSSR count). The molecule has 0 N–H and O–H groups in total. The van der Waals surface area contributed by atoms with E-state index in [0.29, 0.717) is 12.0 Å². The molecule has 0 saturated carbocycles. The van der Waals surface area contributed by atoms with E-state index >= 15 is 0 Å². The predicted octanol–water partition coefficient (Wildman–Crippen LogP) is 2.25. The minimum Gasteiger partial charge on any atom is -0.304 e.